The molecule has 126 heavy (non-hydrogen) atoms. The van der Waals surface area contributed by atoms with Gasteiger partial charge in [0.05, 0.1) is 97.7 Å². The maximum Gasteiger partial charge on any atom is 0.501 e. The monoisotopic (exact) mass is 1750 g/mol. The van der Waals surface area contributed by atoms with E-state index in [0.717, 1.165) is 72.9 Å². The first kappa shape index (κ1) is 89.2. The number of esters is 6. The zero-order chi connectivity index (χ0) is 89.5. The number of nitrogens with zero attached hydrogens (tertiary/aromatic N) is 7. The molecule has 662 valence electrons. The molecule has 5 aromatic carbocycles. The number of ether oxygens (including phenoxy) is 14. The quantitative estimate of drug-likeness (QED) is 0.00818. The van der Waals surface area contributed by atoms with Gasteiger partial charge in [0.2, 0.25) is 12.4 Å². The molecule has 14 rings (SSSR count). The summed E-state index contributed by atoms with van der Waals surface area (Å²) in [5, 5.41) is 30.7. The normalized spacial score (nSPS) is 18.8. The highest BCUT2D eigenvalue weighted by Gasteiger charge is 2.54. The fourth-order valence-corrected chi connectivity index (χ4v) is 16.6. The molecule has 1 saturated heterocycles. The molecule has 3 N–H and O–H groups in total. The highest BCUT2D eigenvalue weighted by Crippen LogP contribution is 2.45. The van der Waals surface area contributed by atoms with Crippen molar-refractivity contribution in [2.45, 2.75) is 169 Å². The maximum absolute atomic E-state index is 14.3. The van der Waals surface area contributed by atoms with Crippen LogP contribution in [0.2, 0.25) is 0 Å². The minimum atomic E-state index is -5.25. The van der Waals surface area contributed by atoms with Gasteiger partial charge in [-0.15, -0.1) is 8.42 Å². The first-order valence-electron chi connectivity index (χ1n) is 40.7. The van der Waals surface area contributed by atoms with E-state index in [1.807, 2.05) is 50.2 Å². The van der Waals surface area contributed by atoms with Crippen molar-refractivity contribution in [1.29, 1.82) is 0 Å². The average Bonchev–Trinajstić information content (AvgIpc) is 1.54. The molecule has 37 nitrogen and oxygen atoms in total. The Bertz CT molecular complexity index is 6090. The highest BCUT2D eigenvalue weighted by molar-refractivity contribution is 7.82. The molecule has 0 saturated carbocycles. The second-order valence-corrected chi connectivity index (χ2v) is 31.2. The van der Waals surface area contributed by atoms with Crippen molar-refractivity contribution in [3.8, 4) is 57.3 Å². The number of amides is 1. The van der Waals surface area contributed by atoms with Crippen LogP contribution in [0.5, 0.6) is 34.5 Å². The van der Waals surface area contributed by atoms with Crippen molar-refractivity contribution in [2.75, 3.05) is 59.3 Å². The van der Waals surface area contributed by atoms with Crippen LogP contribution in [0.3, 0.4) is 0 Å². The number of hydrogen-bond donors (Lipinski definition) is 3. The number of nitrogens with one attached hydrogen (secondary N) is 1. The van der Waals surface area contributed by atoms with Gasteiger partial charge >= 0.3 is 46.2 Å². The molecule has 7 atom stereocenters. The van der Waals surface area contributed by atoms with Gasteiger partial charge in [-0.2, -0.15) is 0 Å². The third kappa shape index (κ3) is 19.0. The molecule has 1 unspecified atom stereocenters. The molecule has 0 radical (unpaired) electrons. The summed E-state index contributed by atoms with van der Waals surface area (Å²) < 4.78 is 124. The van der Waals surface area contributed by atoms with E-state index < -0.39 is 118 Å². The number of cyclic esters (lactones) is 2. The van der Waals surface area contributed by atoms with Crippen molar-refractivity contribution in [3.63, 3.8) is 0 Å². The summed E-state index contributed by atoms with van der Waals surface area (Å²) in [4.78, 5) is 131. The Morgan fingerprint density at radius 3 is 1.63 bits per heavy atom. The van der Waals surface area contributed by atoms with Gasteiger partial charge in [0.1, 0.15) is 68.7 Å². The molecule has 38 heteroatoms. The predicted molar refractivity (Wildman–Crippen MR) is 442 cm³/mol. The van der Waals surface area contributed by atoms with Crippen LogP contribution >= 0.6 is 0 Å². The number of carbonyl (C=O) groups excluding carboxylic acids is 7. The van der Waals surface area contributed by atoms with Gasteiger partial charge < -0.3 is 99.3 Å². The molecule has 1 amide bonds. The zero-order valence-corrected chi connectivity index (χ0v) is 70.7. The molecule has 9 aromatic rings. The van der Waals surface area contributed by atoms with Crippen LogP contribution in [0.4, 0.5) is 0 Å². The lowest BCUT2D eigenvalue weighted by molar-refractivity contribution is -0.288. The minimum absolute atomic E-state index is 0.00217. The average molecular weight is 1760 g/mol. The molecule has 9 heterocycles. The maximum atomic E-state index is 14.3. The molecular formula is C88H90N8O29S. The van der Waals surface area contributed by atoms with Gasteiger partial charge in [0.15, 0.2) is 34.9 Å². The third-order valence-electron chi connectivity index (χ3n) is 22.0. The number of pyridine rings is 4. The minimum Gasteiger partial charge on any atom is -0.489 e. The molecule has 0 aliphatic carbocycles. The largest absolute Gasteiger partial charge is 0.501 e. The van der Waals surface area contributed by atoms with Crippen LogP contribution in [0.25, 0.3) is 55.0 Å². The van der Waals surface area contributed by atoms with E-state index in [1.165, 1.54) is 30.3 Å². The van der Waals surface area contributed by atoms with Crippen molar-refractivity contribution < 1.29 is 127 Å². The smallest absolute Gasteiger partial charge is 0.489 e. The van der Waals surface area contributed by atoms with Crippen molar-refractivity contribution in [3.05, 3.63) is 207 Å². The third-order valence-corrected chi connectivity index (χ3v) is 22.7. The number of carbonyl (C=O) groups is 7. The second kappa shape index (κ2) is 38.2. The number of rotatable bonds is 37. The Morgan fingerprint density at radius 1 is 0.563 bits per heavy atom. The predicted octanol–water partition coefficient (Wildman–Crippen LogP) is 8.59. The number of azide groups is 1. The first-order valence-corrected chi connectivity index (χ1v) is 42.0. The summed E-state index contributed by atoms with van der Waals surface area (Å²) in [5.74, 6) is -6.16. The standard InChI is InChI=1S/C88H90N8O29S/c1-9-58-60-35-56(19-21-68(60)92-76-62(58)39-95-70(76)37-66-64(82(95)102)44-117-85(104)87(66,106)11-3)114-42-52-15-23-72(54(33-52)43-115-57-20-22-69-61(36-57)59(10-2)63-40-96-71(77(63)93-69)38-67-65(83(96)103)45-118-86(105)88(67,107)12-4)116-41-51-13-17-55(18-14-51)124-126(108,109)125-74-34-53(81(101)90-25-27-110-29-31-112-32-30-111-28-26-91-94-89)16-24-73(74)122-84-80(121-50(8)100)79(120-49(7)99)78(119-48(6)98)75(123-84)46-113-47(5)97/h13-24,33-38,75,78-80,84,106-107H,9-12,25-32,39-46H2,1-8H3,(H,90,101)/t75-,78+,79+,80-,84?,87+,88+/m1/s1. The summed E-state index contributed by atoms with van der Waals surface area (Å²) in [6.45, 7) is 11.7. The van der Waals surface area contributed by atoms with Gasteiger partial charge in [0, 0.05) is 89.8 Å². The van der Waals surface area contributed by atoms with Crippen molar-refractivity contribution >= 4 is 73.9 Å². The summed E-state index contributed by atoms with van der Waals surface area (Å²) in [7, 11) is -5.25. The van der Waals surface area contributed by atoms with E-state index in [9.17, 15) is 61.8 Å². The molecule has 1 fully saturated rings. The van der Waals surface area contributed by atoms with Gasteiger partial charge in [-0.1, -0.05) is 51.0 Å². The number of benzene rings is 5. The SMILES string of the molecule is CCc1c2c(nc3ccc(OCc4ccc(OCc5ccc(OS(=O)(=O)Oc6cc(C(=O)NCCOCCOCCOCCN=[N+]=[N-])ccc6OC6O[C@H](COC(C)=O)[C@H](OC(C)=O)[C@H](OC(C)=O)[C@H]6OC(C)=O)cc5)c(COc5ccc6nc7c(c(CC)c6c5)Cn5c-7cc6c(c5=O)COC(=O)[C@]6(O)CC)c4)cc13)-c1cc3c(c(=O)n1C2)COC(=O)[C@]3(O)CC. The van der Waals surface area contributed by atoms with E-state index >= 15 is 0 Å². The Balaban J connectivity index is 0.715. The van der Waals surface area contributed by atoms with E-state index in [-0.39, 0.29) is 151 Å². The molecule has 0 spiro atoms. The van der Waals surface area contributed by atoms with Crippen LogP contribution in [0.15, 0.2) is 124 Å². The molecule has 5 aliphatic heterocycles. The van der Waals surface area contributed by atoms with Gasteiger partial charge in [0.25, 0.3) is 17.0 Å². The Hall–Kier alpha value is -13.1. The molecular weight excluding hydrogens is 1670 g/mol. The number of aliphatic hydroxyl groups is 2. The summed E-state index contributed by atoms with van der Waals surface area (Å²) in [6.07, 6.45) is -7.41. The lowest BCUT2D eigenvalue weighted by Crippen LogP contribution is -2.63. The Labute approximate surface area is 719 Å². The van der Waals surface area contributed by atoms with E-state index in [4.69, 9.17) is 90.2 Å². The van der Waals surface area contributed by atoms with Crippen LogP contribution in [0, 0.1) is 0 Å². The number of aryl methyl sites for hydroxylation is 2. The van der Waals surface area contributed by atoms with E-state index in [1.54, 1.807) is 53.3 Å². The topological polar surface area (TPSA) is 472 Å². The van der Waals surface area contributed by atoms with Gasteiger partial charge in [-0.05, 0) is 144 Å². The van der Waals surface area contributed by atoms with Gasteiger partial charge in [-0.25, -0.2) is 19.6 Å². The van der Waals surface area contributed by atoms with Crippen LogP contribution in [0.1, 0.15) is 140 Å². The fraction of sp³-hybridized carbons (Fsp3) is 0.398. The lowest BCUT2D eigenvalue weighted by atomic mass is 9.86. The van der Waals surface area contributed by atoms with Crippen LogP contribution in [-0.2, 0) is 157 Å². The van der Waals surface area contributed by atoms with Crippen LogP contribution in [-0.4, -0.2) is 169 Å². The van der Waals surface area contributed by atoms with E-state index in [2.05, 4.69) is 15.3 Å². The van der Waals surface area contributed by atoms with E-state index in [0.29, 0.717) is 80.6 Å². The fourth-order valence-electron chi connectivity index (χ4n) is 15.9. The summed E-state index contributed by atoms with van der Waals surface area (Å²) >= 11 is 0. The zero-order valence-electron chi connectivity index (χ0n) is 69.9. The summed E-state index contributed by atoms with van der Waals surface area (Å²) in [5.41, 5.74) is 12.8. The second-order valence-electron chi connectivity index (χ2n) is 30.0. The number of aromatic nitrogens is 4. The van der Waals surface area contributed by atoms with Crippen molar-refractivity contribution in [2.24, 2.45) is 5.11 Å². The van der Waals surface area contributed by atoms with Crippen molar-refractivity contribution in [1.82, 2.24) is 24.4 Å². The lowest BCUT2D eigenvalue weighted by Gasteiger charge is -2.43. The van der Waals surface area contributed by atoms with Crippen LogP contribution < -0.4 is 43.7 Å². The Kier molecular flexibility index (Phi) is 27.0. The first-order chi connectivity index (χ1) is 60.5. The Morgan fingerprint density at radius 2 is 1.08 bits per heavy atom. The number of hydrogen-bond acceptors (Lipinski definition) is 32. The van der Waals surface area contributed by atoms with Gasteiger partial charge in [-0.3, -0.25) is 33.6 Å². The highest BCUT2D eigenvalue weighted by atomic mass is 32.3. The number of fused-ring (bicyclic) bond motifs is 10. The molecule has 4 aromatic heterocycles. The molecule has 0 bridgehead atoms. The summed E-state index contributed by atoms with van der Waals surface area (Å²) in [6, 6.07) is 28.8. The molecule has 5 aliphatic rings.